The summed E-state index contributed by atoms with van der Waals surface area (Å²) in [5.41, 5.74) is 1.56. The molecule has 0 saturated carbocycles. The SMILES string of the molecule is CC.COc1cc2ncnc(C)c2cc1OCF. The van der Waals surface area contributed by atoms with Crippen LogP contribution in [0.25, 0.3) is 10.9 Å². The first kappa shape index (κ1) is 14.2. The molecule has 2 rings (SSSR count). The van der Waals surface area contributed by atoms with Gasteiger partial charge in [-0.3, -0.25) is 0 Å². The number of aryl methyl sites for hydroxylation is 1. The van der Waals surface area contributed by atoms with E-state index in [2.05, 4.69) is 9.97 Å². The third-order valence-electron chi connectivity index (χ3n) is 2.33. The van der Waals surface area contributed by atoms with E-state index >= 15 is 0 Å². The summed E-state index contributed by atoms with van der Waals surface area (Å²) in [6.45, 7) is 4.96. The first-order valence-electron chi connectivity index (χ1n) is 5.74. The van der Waals surface area contributed by atoms with E-state index in [0.29, 0.717) is 11.5 Å². The van der Waals surface area contributed by atoms with Crippen LogP contribution in [0.3, 0.4) is 0 Å². The van der Waals surface area contributed by atoms with E-state index in [1.54, 1.807) is 12.1 Å². The first-order chi connectivity index (χ1) is 8.76. The molecule has 4 nitrogen and oxygen atoms in total. The highest BCUT2D eigenvalue weighted by molar-refractivity contribution is 5.84. The van der Waals surface area contributed by atoms with Gasteiger partial charge in [0.2, 0.25) is 6.86 Å². The van der Waals surface area contributed by atoms with Crippen molar-refractivity contribution < 1.29 is 13.9 Å². The van der Waals surface area contributed by atoms with E-state index in [9.17, 15) is 4.39 Å². The van der Waals surface area contributed by atoms with E-state index in [1.807, 2.05) is 20.8 Å². The standard InChI is InChI=1S/C11H11FN2O2.C2H6/c1-7-8-3-11(16-5-12)10(15-2)4-9(8)14-6-13-7;1-2/h3-4,6H,5H2,1-2H3;1-2H3. The van der Waals surface area contributed by atoms with Crippen LogP contribution in [0, 0.1) is 6.92 Å². The third-order valence-corrected chi connectivity index (χ3v) is 2.33. The zero-order valence-corrected chi connectivity index (χ0v) is 11.0. The molecule has 2 aromatic rings. The number of methoxy groups -OCH3 is 1. The number of ether oxygens (including phenoxy) is 2. The number of benzene rings is 1. The van der Waals surface area contributed by atoms with Crippen molar-refractivity contribution in [3.63, 3.8) is 0 Å². The lowest BCUT2D eigenvalue weighted by Crippen LogP contribution is -1.96. The molecule has 0 aliphatic carbocycles. The smallest absolute Gasteiger partial charge is 0.228 e. The summed E-state index contributed by atoms with van der Waals surface area (Å²) >= 11 is 0. The molecule has 1 aromatic carbocycles. The number of aromatic nitrogens is 2. The average molecular weight is 252 g/mol. The molecule has 0 fully saturated rings. The lowest BCUT2D eigenvalue weighted by atomic mass is 10.2. The van der Waals surface area contributed by atoms with Crippen molar-refractivity contribution in [1.29, 1.82) is 0 Å². The fraction of sp³-hybridized carbons (Fsp3) is 0.385. The van der Waals surface area contributed by atoms with E-state index in [4.69, 9.17) is 9.47 Å². The largest absolute Gasteiger partial charge is 0.493 e. The number of halogens is 1. The number of rotatable bonds is 3. The van der Waals surface area contributed by atoms with Crippen LogP contribution in [0.1, 0.15) is 19.5 Å². The van der Waals surface area contributed by atoms with Crippen molar-refractivity contribution in [1.82, 2.24) is 9.97 Å². The highest BCUT2D eigenvalue weighted by Gasteiger charge is 2.09. The minimum Gasteiger partial charge on any atom is -0.493 e. The van der Waals surface area contributed by atoms with Crippen LogP contribution in [0.5, 0.6) is 11.5 Å². The Labute approximate surface area is 106 Å². The summed E-state index contributed by atoms with van der Waals surface area (Å²) in [6.07, 6.45) is 1.48. The molecule has 0 aliphatic rings. The molecule has 0 radical (unpaired) electrons. The summed E-state index contributed by atoms with van der Waals surface area (Å²) in [7, 11) is 1.50. The Morgan fingerprint density at radius 3 is 2.50 bits per heavy atom. The fourth-order valence-electron chi connectivity index (χ4n) is 1.52. The molecular formula is C13H17FN2O2. The van der Waals surface area contributed by atoms with Crippen LogP contribution in [0.15, 0.2) is 18.5 Å². The lowest BCUT2D eigenvalue weighted by Gasteiger charge is -2.09. The number of hydrogen-bond acceptors (Lipinski definition) is 4. The minimum atomic E-state index is -0.894. The summed E-state index contributed by atoms with van der Waals surface area (Å²) in [6, 6.07) is 3.39. The van der Waals surface area contributed by atoms with Crippen molar-refractivity contribution in [2.45, 2.75) is 20.8 Å². The Bertz CT molecular complexity index is 518. The second-order valence-corrected chi connectivity index (χ2v) is 3.23. The highest BCUT2D eigenvalue weighted by atomic mass is 19.1. The van der Waals surface area contributed by atoms with Crippen LogP contribution in [-0.4, -0.2) is 23.9 Å². The van der Waals surface area contributed by atoms with Gasteiger partial charge in [-0.25, -0.2) is 14.4 Å². The van der Waals surface area contributed by atoms with Gasteiger partial charge in [-0.15, -0.1) is 0 Å². The first-order valence-corrected chi connectivity index (χ1v) is 5.74. The second kappa shape index (κ2) is 6.74. The molecule has 0 N–H and O–H groups in total. The number of alkyl halides is 1. The number of nitrogens with zero attached hydrogens (tertiary/aromatic N) is 2. The van der Waals surface area contributed by atoms with Crippen molar-refractivity contribution in [2.24, 2.45) is 0 Å². The van der Waals surface area contributed by atoms with Gasteiger partial charge >= 0.3 is 0 Å². The Hall–Kier alpha value is -1.91. The molecule has 0 unspecified atom stereocenters. The van der Waals surface area contributed by atoms with Gasteiger partial charge < -0.3 is 9.47 Å². The second-order valence-electron chi connectivity index (χ2n) is 3.23. The van der Waals surface area contributed by atoms with Crippen molar-refractivity contribution in [3.8, 4) is 11.5 Å². The van der Waals surface area contributed by atoms with Gasteiger partial charge in [0.05, 0.1) is 12.6 Å². The van der Waals surface area contributed by atoms with E-state index < -0.39 is 6.86 Å². The molecule has 1 heterocycles. The van der Waals surface area contributed by atoms with Gasteiger partial charge in [0, 0.05) is 17.1 Å². The normalized spacial score (nSPS) is 9.61. The maximum Gasteiger partial charge on any atom is 0.228 e. The van der Waals surface area contributed by atoms with Crippen LogP contribution in [-0.2, 0) is 0 Å². The zero-order valence-electron chi connectivity index (χ0n) is 11.0. The predicted molar refractivity (Wildman–Crippen MR) is 68.8 cm³/mol. The third kappa shape index (κ3) is 2.85. The Morgan fingerprint density at radius 2 is 1.89 bits per heavy atom. The molecule has 5 heteroatoms. The van der Waals surface area contributed by atoms with Gasteiger partial charge in [0.1, 0.15) is 6.33 Å². The van der Waals surface area contributed by atoms with Crippen molar-refractivity contribution >= 4 is 10.9 Å². The van der Waals surface area contributed by atoms with Crippen molar-refractivity contribution in [2.75, 3.05) is 14.0 Å². The van der Waals surface area contributed by atoms with E-state index in [1.165, 1.54) is 13.4 Å². The fourth-order valence-corrected chi connectivity index (χ4v) is 1.52. The molecule has 98 valence electrons. The Kier molecular flexibility index (Phi) is 5.30. The molecule has 0 aliphatic heterocycles. The van der Waals surface area contributed by atoms with Crippen LogP contribution >= 0.6 is 0 Å². The topological polar surface area (TPSA) is 44.2 Å². The van der Waals surface area contributed by atoms with E-state index in [-0.39, 0.29) is 0 Å². The highest BCUT2D eigenvalue weighted by Crippen LogP contribution is 2.32. The summed E-state index contributed by atoms with van der Waals surface area (Å²) in [5.74, 6) is 0.818. The molecular weight excluding hydrogens is 235 g/mol. The lowest BCUT2D eigenvalue weighted by molar-refractivity contribution is 0.185. The van der Waals surface area contributed by atoms with Gasteiger partial charge in [0.25, 0.3) is 0 Å². The molecule has 18 heavy (non-hydrogen) atoms. The molecule has 0 atom stereocenters. The van der Waals surface area contributed by atoms with E-state index in [0.717, 1.165) is 16.6 Å². The van der Waals surface area contributed by atoms with Gasteiger partial charge in [-0.1, -0.05) is 13.8 Å². The summed E-state index contributed by atoms with van der Waals surface area (Å²) in [5, 5.41) is 0.826. The van der Waals surface area contributed by atoms with Crippen LogP contribution < -0.4 is 9.47 Å². The summed E-state index contributed by atoms with van der Waals surface area (Å²) in [4.78, 5) is 8.17. The molecule has 1 aromatic heterocycles. The van der Waals surface area contributed by atoms with Gasteiger partial charge in [-0.05, 0) is 13.0 Å². The Balaban J connectivity index is 0.000000771. The number of hydrogen-bond donors (Lipinski definition) is 0. The van der Waals surface area contributed by atoms with Crippen LogP contribution in [0.2, 0.25) is 0 Å². The van der Waals surface area contributed by atoms with Crippen LogP contribution in [0.4, 0.5) is 4.39 Å². The molecule has 0 amide bonds. The van der Waals surface area contributed by atoms with Crippen molar-refractivity contribution in [3.05, 3.63) is 24.2 Å². The monoisotopic (exact) mass is 252 g/mol. The average Bonchev–Trinajstić information content (AvgIpc) is 2.42. The molecule has 0 saturated heterocycles. The quantitative estimate of drug-likeness (QED) is 0.840. The maximum absolute atomic E-state index is 12.2. The maximum atomic E-state index is 12.2. The Morgan fingerprint density at radius 1 is 1.17 bits per heavy atom. The predicted octanol–water partition coefficient (Wildman–Crippen LogP) is 3.28. The molecule has 0 spiro atoms. The minimum absolute atomic E-state index is 0.357. The van der Waals surface area contributed by atoms with Gasteiger partial charge in [-0.2, -0.15) is 0 Å². The summed E-state index contributed by atoms with van der Waals surface area (Å²) < 4.78 is 22.1. The zero-order chi connectivity index (χ0) is 13.5. The number of fused-ring (bicyclic) bond motifs is 1. The van der Waals surface area contributed by atoms with Gasteiger partial charge in [0.15, 0.2) is 11.5 Å². The molecule has 0 bridgehead atoms.